The van der Waals surface area contributed by atoms with Crippen LogP contribution in [-0.2, 0) is 16.0 Å². The fraction of sp³-hybridized carbons (Fsp3) is 0.0833. The molecule has 0 aliphatic carbocycles. The minimum Gasteiger partial charge on any atom is -0.350 e. The minimum absolute atomic E-state index is 0.228. The first kappa shape index (κ1) is 21.5. The van der Waals surface area contributed by atoms with Crippen LogP contribution in [0.4, 0.5) is 11.4 Å². The predicted octanol–water partition coefficient (Wildman–Crippen LogP) is 6.55. The molecule has 0 fully saturated rings. The number of nitrogens with zero attached hydrogens (tertiary/aromatic N) is 1. The van der Waals surface area contributed by atoms with E-state index in [1.807, 2.05) is 61.5 Å². The number of imide groups is 1. The Morgan fingerprint density at radius 1 is 0.903 bits per heavy atom. The van der Waals surface area contributed by atoms with Gasteiger partial charge in [-0.3, -0.25) is 9.59 Å². The predicted molar refractivity (Wildman–Crippen MR) is 128 cm³/mol. The number of para-hydroxylation sites is 1. The van der Waals surface area contributed by atoms with Gasteiger partial charge in [-0.1, -0.05) is 78.3 Å². The third kappa shape index (κ3) is 4.35. The Morgan fingerprint density at radius 2 is 1.61 bits per heavy atom. The molecule has 1 aliphatic rings. The largest absolute Gasteiger partial charge is 0.350 e. The molecule has 4 rings (SSSR count). The third-order valence-corrected chi connectivity index (χ3v) is 6.44. The van der Waals surface area contributed by atoms with Crippen LogP contribution in [0.15, 0.2) is 88.3 Å². The lowest BCUT2D eigenvalue weighted by Gasteiger charge is -2.17. The van der Waals surface area contributed by atoms with Crippen LogP contribution in [0.1, 0.15) is 12.5 Å². The van der Waals surface area contributed by atoms with Gasteiger partial charge in [-0.15, -0.1) is 0 Å². The number of hydrogen-bond acceptors (Lipinski definition) is 4. The zero-order chi connectivity index (χ0) is 22.0. The molecule has 156 valence electrons. The Hall–Kier alpha value is -2.73. The first-order valence-electron chi connectivity index (χ1n) is 9.65. The minimum atomic E-state index is -0.460. The number of amides is 2. The SMILES string of the molecule is CCc1ccccc1NC1=C(Sc2ccccc2)C(=O)N(c2ccc(Cl)cc2Cl)C1=O. The van der Waals surface area contributed by atoms with Gasteiger partial charge in [0.2, 0.25) is 0 Å². The molecule has 0 saturated carbocycles. The van der Waals surface area contributed by atoms with Gasteiger partial charge in [0.15, 0.2) is 0 Å². The van der Waals surface area contributed by atoms with Crippen molar-refractivity contribution in [2.75, 3.05) is 10.2 Å². The van der Waals surface area contributed by atoms with Gasteiger partial charge in [-0.05, 0) is 48.4 Å². The smallest absolute Gasteiger partial charge is 0.283 e. The number of carbonyl (C=O) groups excluding carboxylic acids is 2. The lowest BCUT2D eigenvalue weighted by molar-refractivity contribution is -0.120. The first-order valence-corrected chi connectivity index (χ1v) is 11.2. The van der Waals surface area contributed by atoms with Crippen LogP contribution in [-0.4, -0.2) is 11.8 Å². The Kier molecular flexibility index (Phi) is 6.37. The highest BCUT2D eigenvalue weighted by molar-refractivity contribution is 8.04. The standard InChI is InChI=1S/C24H18Cl2N2O2S/c1-2-15-8-6-7-11-19(15)27-21-22(31-17-9-4-3-5-10-17)24(30)28(23(21)29)20-13-12-16(25)14-18(20)26/h3-14,27H,2H2,1H3. The summed E-state index contributed by atoms with van der Waals surface area (Å²) < 4.78 is 0. The average Bonchev–Trinajstić information content (AvgIpc) is 2.99. The van der Waals surface area contributed by atoms with Gasteiger partial charge in [0.25, 0.3) is 11.8 Å². The molecule has 3 aromatic rings. The lowest BCUT2D eigenvalue weighted by Crippen LogP contribution is -2.32. The van der Waals surface area contributed by atoms with E-state index < -0.39 is 11.8 Å². The van der Waals surface area contributed by atoms with E-state index in [4.69, 9.17) is 23.2 Å². The summed E-state index contributed by atoms with van der Waals surface area (Å²) in [6, 6.07) is 21.9. The summed E-state index contributed by atoms with van der Waals surface area (Å²) in [5.41, 5.74) is 2.36. The number of halogens is 2. The second-order valence-electron chi connectivity index (χ2n) is 6.80. The van der Waals surface area contributed by atoms with Gasteiger partial charge in [-0.25, -0.2) is 4.90 Å². The molecule has 0 aromatic heterocycles. The van der Waals surface area contributed by atoms with E-state index in [0.29, 0.717) is 15.6 Å². The van der Waals surface area contributed by atoms with Crippen molar-refractivity contribution in [1.82, 2.24) is 0 Å². The number of rotatable bonds is 6. The molecule has 0 bridgehead atoms. The Morgan fingerprint density at radius 3 is 2.32 bits per heavy atom. The maximum Gasteiger partial charge on any atom is 0.283 e. The van der Waals surface area contributed by atoms with Crippen molar-refractivity contribution >= 4 is 58.2 Å². The van der Waals surface area contributed by atoms with Crippen molar-refractivity contribution in [3.63, 3.8) is 0 Å². The van der Waals surface area contributed by atoms with Crippen molar-refractivity contribution in [3.8, 4) is 0 Å². The zero-order valence-electron chi connectivity index (χ0n) is 16.6. The Balaban J connectivity index is 1.79. The van der Waals surface area contributed by atoms with Crippen molar-refractivity contribution in [3.05, 3.63) is 99.0 Å². The van der Waals surface area contributed by atoms with Gasteiger partial charge in [-0.2, -0.15) is 0 Å². The molecule has 31 heavy (non-hydrogen) atoms. The topological polar surface area (TPSA) is 49.4 Å². The third-order valence-electron chi connectivity index (χ3n) is 4.81. The molecule has 1 N–H and O–H groups in total. The first-order chi connectivity index (χ1) is 15.0. The summed E-state index contributed by atoms with van der Waals surface area (Å²) in [7, 11) is 0. The normalized spacial score (nSPS) is 13.8. The molecular weight excluding hydrogens is 451 g/mol. The monoisotopic (exact) mass is 468 g/mol. The molecule has 4 nitrogen and oxygen atoms in total. The van der Waals surface area contributed by atoms with Crippen LogP contribution in [0.25, 0.3) is 0 Å². The molecule has 1 aliphatic heterocycles. The number of benzene rings is 3. The fourth-order valence-electron chi connectivity index (χ4n) is 3.29. The van der Waals surface area contributed by atoms with E-state index >= 15 is 0 Å². The second-order valence-corrected chi connectivity index (χ2v) is 8.72. The van der Waals surface area contributed by atoms with E-state index in [0.717, 1.165) is 27.5 Å². The maximum absolute atomic E-state index is 13.4. The fourth-order valence-corrected chi connectivity index (χ4v) is 4.73. The number of carbonyl (C=O) groups is 2. The van der Waals surface area contributed by atoms with E-state index in [-0.39, 0.29) is 10.7 Å². The molecule has 0 unspecified atom stereocenters. The summed E-state index contributed by atoms with van der Waals surface area (Å²) in [5, 5.41) is 3.88. The molecule has 2 amide bonds. The second kappa shape index (κ2) is 9.18. The van der Waals surface area contributed by atoms with Crippen molar-refractivity contribution in [2.24, 2.45) is 0 Å². The summed E-state index contributed by atoms with van der Waals surface area (Å²) in [4.78, 5) is 29.1. The number of nitrogens with one attached hydrogen (secondary N) is 1. The van der Waals surface area contributed by atoms with E-state index in [2.05, 4.69) is 5.32 Å². The molecule has 1 heterocycles. The summed E-state index contributed by atoms with van der Waals surface area (Å²) in [5.74, 6) is -0.891. The molecule has 0 spiro atoms. The van der Waals surface area contributed by atoms with Gasteiger partial charge < -0.3 is 5.32 Å². The van der Waals surface area contributed by atoms with Crippen LogP contribution in [0.5, 0.6) is 0 Å². The van der Waals surface area contributed by atoms with Crippen LogP contribution in [0, 0.1) is 0 Å². The summed E-state index contributed by atoms with van der Waals surface area (Å²) in [6.07, 6.45) is 0.784. The molecule has 7 heteroatoms. The number of aryl methyl sites for hydroxylation is 1. The van der Waals surface area contributed by atoms with Crippen LogP contribution in [0.3, 0.4) is 0 Å². The van der Waals surface area contributed by atoms with Crippen molar-refractivity contribution < 1.29 is 9.59 Å². The number of thioether (sulfide) groups is 1. The Bertz CT molecular complexity index is 1200. The lowest BCUT2D eigenvalue weighted by atomic mass is 10.1. The van der Waals surface area contributed by atoms with Gasteiger partial charge >= 0.3 is 0 Å². The molecule has 0 saturated heterocycles. The van der Waals surface area contributed by atoms with Gasteiger partial charge in [0.05, 0.1) is 10.7 Å². The van der Waals surface area contributed by atoms with Crippen molar-refractivity contribution in [1.29, 1.82) is 0 Å². The molecular formula is C24H18Cl2N2O2S. The van der Waals surface area contributed by atoms with Crippen LogP contribution in [0.2, 0.25) is 10.0 Å². The van der Waals surface area contributed by atoms with E-state index in [9.17, 15) is 9.59 Å². The molecule has 0 atom stereocenters. The molecule has 0 radical (unpaired) electrons. The molecule has 3 aromatic carbocycles. The van der Waals surface area contributed by atoms with Gasteiger partial charge in [0.1, 0.15) is 10.6 Å². The highest BCUT2D eigenvalue weighted by Crippen LogP contribution is 2.40. The zero-order valence-corrected chi connectivity index (χ0v) is 18.9. The average molecular weight is 469 g/mol. The maximum atomic E-state index is 13.4. The van der Waals surface area contributed by atoms with Gasteiger partial charge in [0, 0.05) is 15.6 Å². The summed E-state index contributed by atoms with van der Waals surface area (Å²) in [6.45, 7) is 2.04. The van der Waals surface area contributed by atoms with E-state index in [1.54, 1.807) is 12.1 Å². The number of hydrogen-bond donors (Lipinski definition) is 1. The number of anilines is 2. The quantitative estimate of drug-likeness (QED) is 0.416. The highest BCUT2D eigenvalue weighted by Gasteiger charge is 2.41. The van der Waals surface area contributed by atoms with E-state index in [1.165, 1.54) is 17.8 Å². The Labute approximate surface area is 194 Å². The van der Waals surface area contributed by atoms with Crippen molar-refractivity contribution in [2.45, 2.75) is 18.2 Å². The summed E-state index contributed by atoms with van der Waals surface area (Å²) >= 11 is 13.6. The van der Waals surface area contributed by atoms with Crippen LogP contribution >= 0.6 is 35.0 Å². The van der Waals surface area contributed by atoms with Crippen LogP contribution < -0.4 is 10.2 Å². The highest BCUT2D eigenvalue weighted by atomic mass is 35.5.